The second-order valence-corrected chi connectivity index (χ2v) is 3.39. The number of anilines is 1. The highest BCUT2D eigenvalue weighted by atomic mass is 35.5. The van der Waals surface area contributed by atoms with Gasteiger partial charge in [0.15, 0.2) is 0 Å². The number of carbonyl (C=O) groups excluding carboxylic acids is 1. The number of rotatable bonds is 4. The Kier molecular flexibility index (Phi) is 4.77. The zero-order valence-corrected chi connectivity index (χ0v) is 9.14. The SMILES string of the molecule is C#CCNCC(=O)Nc1ccc(F)c(Cl)c1. The molecule has 84 valence electrons. The van der Waals surface area contributed by atoms with E-state index in [0.29, 0.717) is 12.2 Å². The molecule has 1 rings (SSSR count). The minimum atomic E-state index is -0.523. The van der Waals surface area contributed by atoms with Gasteiger partial charge in [0, 0.05) is 5.69 Å². The Balaban J connectivity index is 2.50. The Morgan fingerprint density at radius 1 is 1.56 bits per heavy atom. The molecule has 1 aromatic rings. The lowest BCUT2D eigenvalue weighted by Gasteiger charge is -2.05. The number of halogens is 2. The molecule has 0 aromatic heterocycles. The number of terminal acetylenes is 1. The summed E-state index contributed by atoms with van der Waals surface area (Å²) in [4.78, 5) is 11.3. The van der Waals surface area contributed by atoms with Crippen LogP contribution >= 0.6 is 11.6 Å². The average molecular weight is 241 g/mol. The molecule has 2 N–H and O–H groups in total. The summed E-state index contributed by atoms with van der Waals surface area (Å²) >= 11 is 5.56. The van der Waals surface area contributed by atoms with Crippen molar-refractivity contribution in [3.63, 3.8) is 0 Å². The van der Waals surface area contributed by atoms with Gasteiger partial charge in [0.25, 0.3) is 0 Å². The van der Waals surface area contributed by atoms with Crippen LogP contribution in [0.25, 0.3) is 0 Å². The van der Waals surface area contributed by atoms with Crippen molar-refractivity contribution in [2.24, 2.45) is 0 Å². The normalized spacial score (nSPS) is 9.56. The standard InChI is InChI=1S/C11H10ClFN2O/c1-2-5-14-7-11(16)15-8-3-4-10(13)9(12)6-8/h1,3-4,6,14H,5,7H2,(H,15,16). The molecule has 3 nitrogen and oxygen atoms in total. The minimum absolute atomic E-state index is 0.0330. The number of hydrogen-bond acceptors (Lipinski definition) is 2. The van der Waals surface area contributed by atoms with Gasteiger partial charge in [0.2, 0.25) is 5.91 Å². The first kappa shape index (κ1) is 12.5. The third-order valence-electron chi connectivity index (χ3n) is 1.72. The van der Waals surface area contributed by atoms with Crippen LogP contribution in [0.4, 0.5) is 10.1 Å². The summed E-state index contributed by atoms with van der Waals surface area (Å²) in [7, 11) is 0. The fourth-order valence-corrected chi connectivity index (χ4v) is 1.21. The van der Waals surface area contributed by atoms with Gasteiger partial charge in [-0.2, -0.15) is 0 Å². The molecule has 0 aliphatic rings. The van der Waals surface area contributed by atoms with Crippen molar-refractivity contribution in [3.8, 4) is 12.3 Å². The fraction of sp³-hybridized carbons (Fsp3) is 0.182. The van der Waals surface area contributed by atoms with Crippen LogP contribution in [-0.4, -0.2) is 19.0 Å². The number of nitrogens with one attached hydrogen (secondary N) is 2. The topological polar surface area (TPSA) is 41.1 Å². The van der Waals surface area contributed by atoms with Gasteiger partial charge >= 0.3 is 0 Å². The lowest BCUT2D eigenvalue weighted by molar-refractivity contribution is -0.115. The van der Waals surface area contributed by atoms with Gasteiger partial charge < -0.3 is 5.32 Å². The zero-order valence-electron chi connectivity index (χ0n) is 8.39. The summed E-state index contributed by atoms with van der Waals surface area (Å²) in [6.45, 7) is 0.413. The monoisotopic (exact) mass is 240 g/mol. The van der Waals surface area contributed by atoms with Crippen molar-refractivity contribution in [1.29, 1.82) is 0 Å². The lowest BCUT2D eigenvalue weighted by atomic mass is 10.3. The van der Waals surface area contributed by atoms with Crippen molar-refractivity contribution in [3.05, 3.63) is 29.0 Å². The third-order valence-corrected chi connectivity index (χ3v) is 2.01. The van der Waals surface area contributed by atoms with Crippen LogP contribution in [0.3, 0.4) is 0 Å². The molecule has 16 heavy (non-hydrogen) atoms. The Morgan fingerprint density at radius 2 is 2.31 bits per heavy atom. The largest absolute Gasteiger partial charge is 0.325 e. The van der Waals surface area contributed by atoms with Gasteiger partial charge in [-0.05, 0) is 18.2 Å². The zero-order chi connectivity index (χ0) is 12.0. The molecule has 0 heterocycles. The van der Waals surface area contributed by atoms with E-state index in [1.165, 1.54) is 18.2 Å². The van der Waals surface area contributed by atoms with Crippen molar-refractivity contribution >= 4 is 23.2 Å². The molecule has 0 aliphatic carbocycles. The van der Waals surface area contributed by atoms with Crippen LogP contribution in [0.5, 0.6) is 0 Å². The number of amides is 1. The molecule has 0 bridgehead atoms. The van der Waals surface area contributed by atoms with Crippen molar-refractivity contribution in [1.82, 2.24) is 5.32 Å². The number of benzene rings is 1. The average Bonchev–Trinajstić information content (AvgIpc) is 2.24. The second kappa shape index (κ2) is 6.11. The van der Waals surface area contributed by atoms with E-state index in [9.17, 15) is 9.18 Å². The van der Waals surface area contributed by atoms with E-state index in [4.69, 9.17) is 18.0 Å². The maximum atomic E-state index is 12.8. The Labute approximate surface area is 98.0 Å². The van der Waals surface area contributed by atoms with E-state index in [-0.39, 0.29) is 17.5 Å². The highest BCUT2D eigenvalue weighted by Crippen LogP contribution is 2.18. The smallest absolute Gasteiger partial charge is 0.238 e. The van der Waals surface area contributed by atoms with Crippen LogP contribution < -0.4 is 10.6 Å². The first-order valence-electron chi connectivity index (χ1n) is 4.52. The van der Waals surface area contributed by atoms with Crippen LogP contribution in [0.2, 0.25) is 5.02 Å². The second-order valence-electron chi connectivity index (χ2n) is 2.98. The molecule has 0 fully saturated rings. The Bertz CT molecular complexity index is 428. The summed E-state index contributed by atoms with van der Waals surface area (Å²) in [6.07, 6.45) is 5.00. The molecule has 0 radical (unpaired) electrons. The van der Waals surface area contributed by atoms with Crippen LogP contribution in [0, 0.1) is 18.2 Å². The van der Waals surface area contributed by atoms with E-state index in [1.807, 2.05) is 0 Å². The van der Waals surface area contributed by atoms with Crippen molar-refractivity contribution < 1.29 is 9.18 Å². The third kappa shape index (κ3) is 3.89. The summed E-state index contributed by atoms with van der Waals surface area (Å²) in [5, 5.41) is 5.24. The van der Waals surface area contributed by atoms with Crippen molar-refractivity contribution in [2.45, 2.75) is 0 Å². The van der Waals surface area contributed by atoms with E-state index in [1.54, 1.807) is 0 Å². The quantitative estimate of drug-likeness (QED) is 0.621. The van der Waals surface area contributed by atoms with E-state index < -0.39 is 5.82 Å². The molecule has 0 unspecified atom stereocenters. The number of carbonyl (C=O) groups is 1. The van der Waals surface area contributed by atoms with Crippen LogP contribution in [-0.2, 0) is 4.79 Å². The highest BCUT2D eigenvalue weighted by molar-refractivity contribution is 6.31. The molecular formula is C11H10ClFN2O. The van der Waals surface area contributed by atoms with E-state index in [0.717, 1.165) is 0 Å². The summed E-state index contributed by atoms with van der Waals surface area (Å²) in [6, 6.07) is 3.96. The minimum Gasteiger partial charge on any atom is -0.325 e. The van der Waals surface area contributed by atoms with Gasteiger partial charge in [0.1, 0.15) is 5.82 Å². The highest BCUT2D eigenvalue weighted by Gasteiger charge is 2.04. The molecule has 0 saturated heterocycles. The van der Waals surface area contributed by atoms with Gasteiger partial charge in [-0.25, -0.2) is 4.39 Å². The lowest BCUT2D eigenvalue weighted by Crippen LogP contribution is -2.28. The van der Waals surface area contributed by atoms with Gasteiger partial charge in [-0.3, -0.25) is 10.1 Å². The molecular weight excluding hydrogens is 231 g/mol. The maximum Gasteiger partial charge on any atom is 0.238 e. The first-order valence-corrected chi connectivity index (χ1v) is 4.90. The van der Waals surface area contributed by atoms with Gasteiger partial charge in [-0.1, -0.05) is 17.5 Å². The summed E-state index contributed by atoms with van der Waals surface area (Å²) in [5.41, 5.74) is 0.443. The Hall–Kier alpha value is -1.57. The Morgan fingerprint density at radius 3 is 2.94 bits per heavy atom. The van der Waals surface area contributed by atoms with E-state index in [2.05, 4.69) is 16.6 Å². The molecule has 1 aromatic carbocycles. The molecule has 5 heteroatoms. The molecule has 0 spiro atoms. The molecule has 0 saturated carbocycles. The first-order chi connectivity index (χ1) is 7.63. The molecule has 0 atom stereocenters. The van der Waals surface area contributed by atoms with Crippen LogP contribution in [0.15, 0.2) is 18.2 Å². The maximum absolute atomic E-state index is 12.8. The molecule has 1 amide bonds. The summed E-state index contributed by atoms with van der Waals surface area (Å²) in [5.74, 6) is 1.55. The number of hydrogen-bond donors (Lipinski definition) is 2. The predicted octanol–water partition coefficient (Wildman–Crippen LogP) is 1.64. The van der Waals surface area contributed by atoms with E-state index >= 15 is 0 Å². The predicted molar refractivity (Wildman–Crippen MR) is 61.7 cm³/mol. The molecule has 0 aliphatic heterocycles. The fourth-order valence-electron chi connectivity index (χ4n) is 1.03. The van der Waals surface area contributed by atoms with Crippen LogP contribution in [0.1, 0.15) is 0 Å². The van der Waals surface area contributed by atoms with Gasteiger partial charge in [0.05, 0.1) is 18.1 Å². The summed E-state index contributed by atoms with van der Waals surface area (Å²) < 4.78 is 12.8. The van der Waals surface area contributed by atoms with Crippen molar-refractivity contribution in [2.75, 3.05) is 18.4 Å². The van der Waals surface area contributed by atoms with Gasteiger partial charge in [-0.15, -0.1) is 6.42 Å².